The number of amides is 2. The third kappa shape index (κ3) is 8.90. The number of benzene rings is 4. The number of hydrogen-bond donors (Lipinski definition) is 3. The predicted octanol–water partition coefficient (Wildman–Crippen LogP) is 5.69. The summed E-state index contributed by atoms with van der Waals surface area (Å²) in [5.41, 5.74) is 3.37. The van der Waals surface area contributed by atoms with Crippen molar-refractivity contribution in [3.63, 3.8) is 0 Å². The molecule has 0 radical (unpaired) electrons. The van der Waals surface area contributed by atoms with E-state index in [-0.39, 0.29) is 23.9 Å². The average molecular weight is 612 g/mol. The van der Waals surface area contributed by atoms with Crippen molar-refractivity contribution in [2.45, 2.75) is 37.0 Å². The highest BCUT2D eigenvalue weighted by Crippen LogP contribution is 2.30. The SMILES string of the molecule is COC(=O)N[C@H](C(=O)Nc1ccccc1CC[C@@H]1CNC[C@@H](COc2cccc(F)c2)O1)C(c1ccccc1)c1ccccc1. The third-order valence-corrected chi connectivity index (χ3v) is 7.76. The molecule has 1 heterocycles. The maximum atomic E-state index is 14.0. The number of alkyl carbamates (subject to hydrolysis) is 1. The molecule has 3 atom stereocenters. The number of halogens is 1. The van der Waals surface area contributed by atoms with Gasteiger partial charge in [-0.05, 0) is 47.7 Å². The van der Waals surface area contributed by atoms with Gasteiger partial charge in [0.2, 0.25) is 5.91 Å². The number of carbonyl (C=O) groups excluding carboxylic acids is 2. The molecule has 45 heavy (non-hydrogen) atoms. The molecule has 0 aromatic heterocycles. The van der Waals surface area contributed by atoms with Crippen LogP contribution in [0, 0.1) is 5.82 Å². The van der Waals surface area contributed by atoms with Gasteiger partial charge in [-0.25, -0.2) is 9.18 Å². The Morgan fingerprint density at radius 3 is 2.24 bits per heavy atom. The van der Waals surface area contributed by atoms with Crippen LogP contribution in [0.15, 0.2) is 109 Å². The number of ether oxygens (including phenoxy) is 3. The lowest BCUT2D eigenvalue weighted by Gasteiger charge is -2.31. The molecular weight excluding hydrogens is 573 g/mol. The van der Waals surface area contributed by atoms with Crippen molar-refractivity contribution in [2.75, 3.05) is 32.1 Å². The Morgan fingerprint density at radius 1 is 0.889 bits per heavy atom. The summed E-state index contributed by atoms with van der Waals surface area (Å²) in [6.07, 6.45) is 0.406. The Morgan fingerprint density at radius 2 is 1.56 bits per heavy atom. The topological polar surface area (TPSA) is 97.9 Å². The lowest BCUT2D eigenvalue weighted by molar-refractivity contribution is -0.118. The highest BCUT2D eigenvalue weighted by atomic mass is 19.1. The van der Waals surface area contributed by atoms with Gasteiger partial charge in [0, 0.05) is 30.8 Å². The zero-order valence-electron chi connectivity index (χ0n) is 25.2. The molecule has 4 aromatic rings. The van der Waals surface area contributed by atoms with Crippen LogP contribution in [-0.2, 0) is 20.7 Å². The van der Waals surface area contributed by atoms with Crippen LogP contribution < -0.4 is 20.7 Å². The van der Waals surface area contributed by atoms with E-state index in [1.165, 1.54) is 19.2 Å². The fourth-order valence-corrected chi connectivity index (χ4v) is 5.56. The van der Waals surface area contributed by atoms with Gasteiger partial charge in [-0.2, -0.15) is 0 Å². The minimum absolute atomic E-state index is 0.0714. The van der Waals surface area contributed by atoms with E-state index >= 15 is 0 Å². The van der Waals surface area contributed by atoms with Gasteiger partial charge in [0.15, 0.2) is 0 Å². The molecule has 234 valence electrons. The van der Waals surface area contributed by atoms with Crippen LogP contribution in [0.5, 0.6) is 5.75 Å². The highest BCUT2D eigenvalue weighted by molar-refractivity contribution is 5.98. The first-order valence-corrected chi connectivity index (χ1v) is 15.1. The zero-order chi connectivity index (χ0) is 31.4. The Hall–Kier alpha value is -4.73. The number of para-hydroxylation sites is 1. The quantitative estimate of drug-likeness (QED) is 0.191. The normalized spacial score (nSPS) is 16.9. The van der Waals surface area contributed by atoms with E-state index in [9.17, 15) is 14.0 Å². The summed E-state index contributed by atoms with van der Waals surface area (Å²) in [6.45, 7) is 1.63. The average Bonchev–Trinajstić information content (AvgIpc) is 3.08. The van der Waals surface area contributed by atoms with E-state index in [0.717, 1.165) is 16.7 Å². The minimum Gasteiger partial charge on any atom is -0.491 e. The van der Waals surface area contributed by atoms with Crippen molar-refractivity contribution < 1.29 is 28.2 Å². The number of methoxy groups -OCH3 is 1. The molecule has 1 aliphatic heterocycles. The second-order valence-electron chi connectivity index (χ2n) is 10.9. The summed E-state index contributed by atoms with van der Waals surface area (Å²) >= 11 is 0. The van der Waals surface area contributed by atoms with Gasteiger partial charge in [-0.3, -0.25) is 4.79 Å². The van der Waals surface area contributed by atoms with Crippen LogP contribution >= 0.6 is 0 Å². The Bertz CT molecular complexity index is 1500. The van der Waals surface area contributed by atoms with E-state index < -0.39 is 18.1 Å². The highest BCUT2D eigenvalue weighted by Gasteiger charge is 2.33. The molecule has 0 unspecified atom stereocenters. The van der Waals surface area contributed by atoms with E-state index in [4.69, 9.17) is 14.2 Å². The van der Waals surface area contributed by atoms with Crippen molar-refractivity contribution in [3.05, 3.63) is 132 Å². The van der Waals surface area contributed by atoms with Gasteiger partial charge >= 0.3 is 6.09 Å². The molecule has 4 aromatic carbocycles. The van der Waals surface area contributed by atoms with Crippen molar-refractivity contribution >= 4 is 17.7 Å². The molecule has 2 amide bonds. The van der Waals surface area contributed by atoms with Gasteiger partial charge in [-0.15, -0.1) is 0 Å². The molecule has 0 aliphatic carbocycles. The molecule has 8 nitrogen and oxygen atoms in total. The molecule has 1 fully saturated rings. The molecule has 5 rings (SSSR count). The number of morpholine rings is 1. The van der Waals surface area contributed by atoms with Crippen molar-refractivity contribution in [3.8, 4) is 5.75 Å². The number of nitrogens with one attached hydrogen (secondary N) is 3. The van der Waals surface area contributed by atoms with Crippen LogP contribution in [0.3, 0.4) is 0 Å². The van der Waals surface area contributed by atoms with Crippen LogP contribution in [0.25, 0.3) is 0 Å². The van der Waals surface area contributed by atoms with E-state index in [0.29, 0.717) is 44.0 Å². The summed E-state index contributed by atoms with van der Waals surface area (Å²) in [5.74, 6) is -0.711. The minimum atomic E-state index is -0.958. The lowest BCUT2D eigenvalue weighted by Crippen LogP contribution is -2.48. The first kappa shape index (κ1) is 31.7. The van der Waals surface area contributed by atoms with Crippen LogP contribution in [0.1, 0.15) is 29.0 Å². The van der Waals surface area contributed by atoms with Crippen molar-refractivity contribution in [1.29, 1.82) is 0 Å². The van der Waals surface area contributed by atoms with E-state index in [1.54, 1.807) is 12.1 Å². The molecule has 0 saturated carbocycles. The monoisotopic (exact) mass is 611 g/mol. The van der Waals surface area contributed by atoms with Crippen LogP contribution in [0.4, 0.5) is 14.9 Å². The van der Waals surface area contributed by atoms with Gasteiger partial charge in [0.25, 0.3) is 0 Å². The summed E-state index contributed by atoms with van der Waals surface area (Å²) in [5, 5.41) is 9.26. The zero-order valence-corrected chi connectivity index (χ0v) is 25.2. The second-order valence-corrected chi connectivity index (χ2v) is 10.9. The van der Waals surface area contributed by atoms with E-state index in [2.05, 4.69) is 16.0 Å². The standard InChI is InChI=1S/C36H38FN3O5/c1-43-36(42)40-34(33(26-12-4-2-5-13-26)27-14-6-3-7-15-27)35(41)39-32-18-9-8-11-25(32)19-20-30-22-38-23-31(45-30)24-44-29-17-10-16-28(37)21-29/h2-18,21,30-31,33-34,38H,19-20,22-24H2,1H3,(H,39,41)(H,40,42)/t30-,31+,34+/m1/s1. The van der Waals surface area contributed by atoms with Crippen molar-refractivity contribution in [1.82, 2.24) is 10.6 Å². The number of aryl methyl sites for hydroxylation is 1. The van der Waals surface area contributed by atoms with Gasteiger partial charge in [-0.1, -0.05) is 84.9 Å². The molecule has 0 bridgehead atoms. The fourth-order valence-electron chi connectivity index (χ4n) is 5.56. The Kier molecular flexibility index (Phi) is 11.1. The summed E-state index contributed by atoms with van der Waals surface area (Å²) < 4.78 is 30.4. The largest absolute Gasteiger partial charge is 0.491 e. The smallest absolute Gasteiger partial charge is 0.407 e. The first-order chi connectivity index (χ1) is 22.0. The Balaban J connectivity index is 1.27. The van der Waals surface area contributed by atoms with Gasteiger partial charge in [0.05, 0.1) is 13.2 Å². The summed E-state index contributed by atoms with van der Waals surface area (Å²) in [4.78, 5) is 26.5. The van der Waals surface area contributed by atoms with Crippen molar-refractivity contribution in [2.24, 2.45) is 0 Å². The Labute approximate surface area is 262 Å². The van der Waals surface area contributed by atoms with Gasteiger partial charge in [0.1, 0.15) is 30.3 Å². The van der Waals surface area contributed by atoms with Crippen LogP contribution in [-0.4, -0.2) is 57.1 Å². The first-order valence-electron chi connectivity index (χ1n) is 15.1. The maximum Gasteiger partial charge on any atom is 0.407 e. The number of anilines is 1. The molecule has 1 aliphatic rings. The second kappa shape index (κ2) is 15.8. The van der Waals surface area contributed by atoms with Gasteiger partial charge < -0.3 is 30.2 Å². The predicted molar refractivity (Wildman–Crippen MR) is 171 cm³/mol. The molecular formula is C36H38FN3O5. The summed E-state index contributed by atoms with van der Waals surface area (Å²) in [6, 6.07) is 32.0. The van der Waals surface area contributed by atoms with E-state index in [1.807, 2.05) is 84.9 Å². The number of rotatable bonds is 12. The molecule has 1 saturated heterocycles. The number of hydrogen-bond acceptors (Lipinski definition) is 6. The molecule has 0 spiro atoms. The van der Waals surface area contributed by atoms with Crippen LogP contribution in [0.2, 0.25) is 0 Å². The lowest BCUT2D eigenvalue weighted by atomic mass is 9.84. The number of carbonyl (C=O) groups is 2. The third-order valence-electron chi connectivity index (χ3n) is 7.76. The fraction of sp³-hybridized carbons (Fsp3) is 0.278. The maximum absolute atomic E-state index is 14.0. The molecule has 3 N–H and O–H groups in total. The summed E-state index contributed by atoms with van der Waals surface area (Å²) in [7, 11) is 1.28. The molecule has 9 heteroatoms.